The Bertz CT molecular complexity index is 28.5. The zero-order valence-corrected chi connectivity index (χ0v) is 5.91. The smallest absolute Gasteiger partial charge is 0.102 e. The van der Waals surface area contributed by atoms with Crippen molar-refractivity contribution in [3.05, 3.63) is 4.95 Å². The summed E-state index contributed by atoms with van der Waals surface area (Å²) in [7, 11) is 3.98. The van der Waals surface area contributed by atoms with Gasteiger partial charge in [-0.1, -0.05) is 15.9 Å². The Morgan fingerprint density at radius 1 is 1.50 bits per heavy atom. The van der Waals surface area contributed by atoms with Crippen LogP contribution in [0.2, 0.25) is 0 Å². The monoisotopic (exact) mass is 150 g/mol. The van der Waals surface area contributed by atoms with E-state index in [0.717, 1.165) is 4.95 Å². The largest absolute Gasteiger partial charge is 0.293 e. The highest BCUT2D eigenvalue weighted by Gasteiger charge is 1.94. The van der Waals surface area contributed by atoms with Crippen LogP contribution in [0, 0.1) is 4.95 Å². The molecular weight excluding hydrogens is 142 g/mol. The molecule has 6 heavy (non-hydrogen) atoms. The molecule has 0 aliphatic carbocycles. The van der Waals surface area contributed by atoms with Gasteiger partial charge in [0, 0.05) is 0 Å². The lowest BCUT2D eigenvalue weighted by Crippen LogP contribution is -2.09. The summed E-state index contributed by atoms with van der Waals surface area (Å²) >= 11 is 3.28. The molecule has 2 heteroatoms. The van der Waals surface area contributed by atoms with Gasteiger partial charge in [-0.15, -0.1) is 0 Å². The third-order valence-corrected chi connectivity index (χ3v) is 1.33. The molecule has 0 aliphatic heterocycles. The maximum atomic E-state index is 3.28. The van der Waals surface area contributed by atoms with Crippen LogP contribution >= 0.6 is 15.9 Å². The quantitative estimate of drug-likeness (QED) is 0.512. The lowest BCUT2D eigenvalue weighted by molar-refractivity contribution is 0.489. The van der Waals surface area contributed by atoms with Crippen LogP contribution in [0.25, 0.3) is 0 Å². The number of hydrogen-bond donors (Lipinski definition) is 0. The summed E-state index contributed by atoms with van der Waals surface area (Å²) < 4.78 is 0. The van der Waals surface area contributed by atoms with Crippen molar-refractivity contribution in [1.82, 2.24) is 4.90 Å². The van der Waals surface area contributed by atoms with E-state index in [1.54, 1.807) is 0 Å². The van der Waals surface area contributed by atoms with E-state index in [9.17, 15) is 0 Å². The number of hydrogen-bond acceptors (Lipinski definition) is 1. The summed E-state index contributed by atoms with van der Waals surface area (Å²) in [5.41, 5.74) is 0. The lowest BCUT2D eigenvalue weighted by atomic mass is 10.7. The van der Waals surface area contributed by atoms with Crippen LogP contribution in [0.3, 0.4) is 0 Å². The summed E-state index contributed by atoms with van der Waals surface area (Å²) in [4.78, 5) is 3.16. The second-order valence-corrected chi connectivity index (χ2v) is 2.54. The van der Waals surface area contributed by atoms with Crippen LogP contribution < -0.4 is 0 Å². The van der Waals surface area contributed by atoms with Gasteiger partial charge in [-0.3, -0.25) is 4.90 Å². The molecule has 37 valence electrons. The molecule has 0 amide bonds. The number of nitrogens with zero attached hydrogens (tertiary/aromatic N) is 1. The molecule has 0 N–H and O–H groups in total. The average molecular weight is 151 g/mol. The van der Waals surface area contributed by atoms with E-state index < -0.39 is 0 Å². The van der Waals surface area contributed by atoms with Gasteiger partial charge in [0.2, 0.25) is 0 Å². The first-order valence-corrected chi connectivity index (χ1v) is 2.60. The fourth-order valence-electron chi connectivity index (χ4n) is 0. The standard InChI is InChI=1S/C4H9BrN/c1-4(5)6(2)3/h1-3H3. The van der Waals surface area contributed by atoms with Gasteiger partial charge in [-0.05, 0) is 21.0 Å². The molecule has 0 saturated heterocycles. The van der Waals surface area contributed by atoms with Crippen LogP contribution in [0.15, 0.2) is 0 Å². The van der Waals surface area contributed by atoms with Gasteiger partial charge in [-0.25, -0.2) is 0 Å². The summed E-state index contributed by atoms with van der Waals surface area (Å²) in [6.07, 6.45) is 0. The summed E-state index contributed by atoms with van der Waals surface area (Å²) in [6.45, 7) is 2.00. The van der Waals surface area contributed by atoms with E-state index >= 15 is 0 Å². The van der Waals surface area contributed by atoms with E-state index in [1.807, 2.05) is 25.9 Å². The van der Waals surface area contributed by atoms with Crippen LogP contribution in [-0.2, 0) is 0 Å². The van der Waals surface area contributed by atoms with Crippen LogP contribution in [0.1, 0.15) is 6.92 Å². The van der Waals surface area contributed by atoms with Gasteiger partial charge < -0.3 is 0 Å². The summed E-state index contributed by atoms with van der Waals surface area (Å²) in [5, 5.41) is 0. The van der Waals surface area contributed by atoms with E-state index in [0.29, 0.717) is 0 Å². The molecule has 0 aromatic rings. The molecule has 0 saturated carbocycles. The third kappa shape index (κ3) is 2.67. The van der Waals surface area contributed by atoms with Crippen molar-refractivity contribution in [3.63, 3.8) is 0 Å². The van der Waals surface area contributed by atoms with Gasteiger partial charge in [0.15, 0.2) is 0 Å². The normalized spacial score (nSPS) is 11.0. The van der Waals surface area contributed by atoms with Crippen molar-refractivity contribution in [2.24, 2.45) is 0 Å². The maximum absolute atomic E-state index is 3.28. The van der Waals surface area contributed by atoms with Crippen molar-refractivity contribution in [2.75, 3.05) is 14.1 Å². The van der Waals surface area contributed by atoms with E-state index in [1.165, 1.54) is 0 Å². The highest BCUT2D eigenvalue weighted by Crippen LogP contribution is 2.08. The molecule has 0 bridgehead atoms. The first-order chi connectivity index (χ1) is 2.64. The SMILES string of the molecule is C[C](Br)N(C)C. The molecular formula is C4H9BrN. The Labute approximate surface area is 47.5 Å². The molecule has 1 nitrogen and oxygen atoms in total. The van der Waals surface area contributed by atoms with Crippen molar-refractivity contribution >= 4 is 15.9 Å². The molecule has 0 spiro atoms. The Kier molecular flexibility index (Phi) is 2.78. The molecule has 0 unspecified atom stereocenters. The molecule has 1 radical (unpaired) electrons. The van der Waals surface area contributed by atoms with Crippen LogP contribution in [-0.4, -0.2) is 19.0 Å². The molecule has 0 atom stereocenters. The maximum Gasteiger partial charge on any atom is 0.102 e. The Morgan fingerprint density at radius 3 is 1.67 bits per heavy atom. The van der Waals surface area contributed by atoms with Crippen molar-refractivity contribution in [1.29, 1.82) is 0 Å². The van der Waals surface area contributed by atoms with E-state index in [4.69, 9.17) is 0 Å². The van der Waals surface area contributed by atoms with Crippen LogP contribution in [0.5, 0.6) is 0 Å². The Hall–Kier alpha value is 0.440. The molecule has 0 fully saturated rings. The van der Waals surface area contributed by atoms with Crippen molar-refractivity contribution in [2.45, 2.75) is 6.92 Å². The highest BCUT2D eigenvalue weighted by molar-refractivity contribution is 9.11. The highest BCUT2D eigenvalue weighted by atomic mass is 79.9. The van der Waals surface area contributed by atoms with Crippen LogP contribution in [0.4, 0.5) is 0 Å². The lowest BCUT2D eigenvalue weighted by Gasteiger charge is -2.09. The van der Waals surface area contributed by atoms with Gasteiger partial charge in [-0.2, -0.15) is 0 Å². The first-order valence-electron chi connectivity index (χ1n) is 1.81. The minimum Gasteiger partial charge on any atom is -0.293 e. The van der Waals surface area contributed by atoms with Gasteiger partial charge in [0.25, 0.3) is 0 Å². The second-order valence-electron chi connectivity index (χ2n) is 1.39. The minimum absolute atomic E-state index is 1.16. The number of rotatable bonds is 1. The van der Waals surface area contributed by atoms with Crippen molar-refractivity contribution < 1.29 is 0 Å². The number of halogens is 1. The average Bonchev–Trinajstić information content (AvgIpc) is 1.36. The fourth-order valence-corrected chi connectivity index (χ4v) is 0. The second kappa shape index (κ2) is 2.59. The third-order valence-electron chi connectivity index (χ3n) is 0.616. The summed E-state index contributed by atoms with van der Waals surface area (Å²) in [6, 6.07) is 0. The van der Waals surface area contributed by atoms with E-state index in [2.05, 4.69) is 15.9 Å². The van der Waals surface area contributed by atoms with Gasteiger partial charge in [0.1, 0.15) is 4.95 Å². The Morgan fingerprint density at radius 2 is 1.67 bits per heavy atom. The molecule has 0 rings (SSSR count). The van der Waals surface area contributed by atoms with Gasteiger partial charge >= 0.3 is 0 Å². The first kappa shape index (κ1) is 6.44. The zero-order chi connectivity index (χ0) is 5.15. The molecule has 0 aromatic carbocycles. The minimum atomic E-state index is 1.16. The predicted molar refractivity (Wildman–Crippen MR) is 31.5 cm³/mol. The topological polar surface area (TPSA) is 3.24 Å². The van der Waals surface area contributed by atoms with Crippen molar-refractivity contribution in [3.8, 4) is 0 Å². The summed E-state index contributed by atoms with van der Waals surface area (Å²) in [5.74, 6) is 0. The van der Waals surface area contributed by atoms with E-state index in [-0.39, 0.29) is 0 Å². The fraction of sp³-hybridized carbons (Fsp3) is 0.750. The zero-order valence-electron chi connectivity index (χ0n) is 4.33. The molecule has 0 aromatic heterocycles. The van der Waals surface area contributed by atoms with Gasteiger partial charge in [0.05, 0.1) is 0 Å². The molecule has 0 heterocycles. The Balaban J connectivity index is 2.99. The predicted octanol–water partition coefficient (Wildman–Crippen LogP) is 1.45. The molecule has 0 aliphatic rings.